The van der Waals surface area contributed by atoms with Crippen LogP contribution in [-0.4, -0.2) is 27.9 Å². The van der Waals surface area contributed by atoms with E-state index in [0.29, 0.717) is 4.47 Å². The lowest BCUT2D eigenvalue weighted by Crippen LogP contribution is -2.36. The topological polar surface area (TPSA) is 57.6 Å². The zero-order valence-corrected chi connectivity index (χ0v) is 12.7. The Balaban J connectivity index is 2.52. The molecule has 2 atom stereocenters. The number of hydrogen-bond donors (Lipinski definition) is 1. The molecule has 1 aromatic rings. The number of amides is 1. The molecular weight excluding hydrogens is 329 g/mol. The predicted molar refractivity (Wildman–Crippen MR) is 74.6 cm³/mol. The second kappa shape index (κ2) is 5.52. The van der Waals surface area contributed by atoms with Crippen LogP contribution in [-0.2, 0) is 9.59 Å². The van der Waals surface area contributed by atoms with Crippen LogP contribution in [0.1, 0.15) is 31.9 Å². The van der Waals surface area contributed by atoms with Crippen LogP contribution in [0.5, 0.6) is 0 Å². The lowest BCUT2D eigenvalue weighted by atomic mass is 9.93. The van der Waals surface area contributed by atoms with Gasteiger partial charge in [-0.2, -0.15) is 0 Å². The summed E-state index contributed by atoms with van der Waals surface area (Å²) in [7, 11) is 0. The molecular formula is C14H15BrFNO3. The highest BCUT2D eigenvalue weighted by Crippen LogP contribution is 2.41. The van der Waals surface area contributed by atoms with Crippen LogP contribution in [0.15, 0.2) is 22.7 Å². The summed E-state index contributed by atoms with van der Waals surface area (Å²) in [5, 5.41) is 9.30. The second-order valence-corrected chi connectivity index (χ2v) is 6.07. The molecule has 2 unspecified atom stereocenters. The number of hydrogen-bond acceptors (Lipinski definition) is 2. The normalized spacial score (nSPS) is 22.6. The van der Waals surface area contributed by atoms with E-state index < -0.39 is 23.7 Å². The van der Waals surface area contributed by atoms with Gasteiger partial charge in [-0.15, -0.1) is 0 Å². The third-order valence-corrected chi connectivity index (χ3v) is 4.01. The highest BCUT2D eigenvalue weighted by molar-refractivity contribution is 9.10. The Bertz CT molecular complexity index is 561. The van der Waals surface area contributed by atoms with Crippen molar-refractivity contribution in [2.24, 2.45) is 5.92 Å². The molecule has 6 heteroatoms. The summed E-state index contributed by atoms with van der Waals surface area (Å²) in [6.07, 6.45) is -0.0896. The minimum absolute atomic E-state index is 0.0896. The molecule has 0 spiro atoms. The van der Waals surface area contributed by atoms with E-state index in [-0.39, 0.29) is 23.9 Å². The first-order valence-electron chi connectivity index (χ1n) is 6.32. The molecule has 0 aromatic heterocycles. The molecule has 0 radical (unpaired) electrons. The van der Waals surface area contributed by atoms with Crippen LogP contribution in [0.3, 0.4) is 0 Å². The quantitative estimate of drug-likeness (QED) is 0.917. The minimum Gasteiger partial charge on any atom is -0.481 e. The summed E-state index contributed by atoms with van der Waals surface area (Å²) in [4.78, 5) is 24.9. The Kier molecular flexibility index (Phi) is 4.13. The number of carboxylic acid groups (broad SMARTS) is 1. The second-order valence-electron chi connectivity index (χ2n) is 5.15. The van der Waals surface area contributed by atoms with E-state index in [1.807, 2.05) is 0 Å². The van der Waals surface area contributed by atoms with E-state index in [1.165, 1.54) is 17.0 Å². The number of carboxylic acids is 1. The number of halogens is 2. The minimum atomic E-state index is -1.08. The van der Waals surface area contributed by atoms with E-state index in [0.717, 1.165) is 0 Å². The van der Waals surface area contributed by atoms with Gasteiger partial charge in [0.15, 0.2) is 0 Å². The van der Waals surface area contributed by atoms with Gasteiger partial charge in [0.25, 0.3) is 0 Å². The Labute approximate surface area is 124 Å². The van der Waals surface area contributed by atoms with Crippen molar-refractivity contribution >= 4 is 27.8 Å². The molecule has 4 nitrogen and oxygen atoms in total. The molecule has 1 fully saturated rings. The fourth-order valence-electron chi connectivity index (χ4n) is 2.69. The number of rotatable bonds is 3. The smallest absolute Gasteiger partial charge is 0.309 e. The first kappa shape index (κ1) is 15.0. The maximum atomic E-state index is 14.1. The van der Waals surface area contributed by atoms with Crippen molar-refractivity contribution in [1.82, 2.24) is 4.90 Å². The van der Waals surface area contributed by atoms with Crippen LogP contribution >= 0.6 is 15.9 Å². The van der Waals surface area contributed by atoms with Crippen molar-refractivity contribution in [2.45, 2.75) is 32.4 Å². The fraction of sp³-hybridized carbons (Fsp3) is 0.429. The van der Waals surface area contributed by atoms with Gasteiger partial charge in [-0.1, -0.05) is 22.0 Å². The average Bonchev–Trinajstić information content (AvgIpc) is 2.67. The highest BCUT2D eigenvalue weighted by atomic mass is 79.9. The third kappa shape index (κ3) is 2.57. The fourth-order valence-corrected chi connectivity index (χ4v) is 3.03. The molecule has 20 heavy (non-hydrogen) atoms. The standard InChI is InChI=1S/C14H15BrFNO3/c1-7(2)17-12(18)6-10(14(19)20)13(17)9-4-3-8(15)5-11(9)16/h3-5,7,10,13H,6H2,1-2H3,(H,19,20). The van der Waals surface area contributed by atoms with Gasteiger partial charge in [0.05, 0.1) is 12.0 Å². The van der Waals surface area contributed by atoms with Gasteiger partial charge in [0, 0.05) is 22.5 Å². The van der Waals surface area contributed by atoms with Crippen molar-refractivity contribution < 1.29 is 19.1 Å². The molecule has 2 rings (SSSR count). The molecule has 0 saturated carbocycles. The van der Waals surface area contributed by atoms with Gasteiger partial charge in [-0.3, -0.25) is 9.59 Å². The number of aliphatic carboxylic acids is 1. The van der Waals surface area contributed by atoms with Crippen LogP contribution in [0.25, 0.3) is 0 Å². The maximum absolute atomic E-state index is 14.1. The van der Waals surface area contributed by atoms with Gasteiger partial charge in [-0.25, -0.2) is 4.39 Å². The number of nitrogens with zero attached hydrogens (tertiary/aromatic N) is 1. The molecule has 1 amide bonds. The summed E-state index contributed by atoms with van der Waals surface area (Å²) >= 11 is 3.17. The zero-order chi connectivity index (χ0) is 15.0. The van der Waals surface area contributed by atoms with Crippen molar-refractivity contribution in [3.63, 3.8) is 0 Å². The Morgan fingerprint density at radius 1 is 1.50 bits per heavy atom. The van der Waals surface area contributed by atoms with E-state index in [2.05, 4.69) is 15.9 Å². The van der Waals surface area contributed by atoms with Crippen molar-refractivity contribution in [1.29, 1.82) is 0 Å². The van der Waals surface area contributed by atoms with Crippen LogP contribution in [0, 0.1) is 11.7 Å². The lowest BCUT2D eigenvalue weighted by molar-refractivity contribution is -0.142. The Morgan fingerprint density at radius 3 is 2.65 bits per heavy atom. The summed E-state index contributed by atoms with van der Waals surface area (Å²) in [6, 6.07) is 3.54. The van der Waals surface area contributed by atoms with Gasteiger partial charge in [-0.05, 0) is 26.0 Å². The van der Waals surface area contributed by atoms with Gasteiger partial charge in [0.1, 0.15) is 5.82 Å². The summed E-state index contributed by atoms with van der Waals surface area (Å²) in [5.74, 6) is -2.75. The molecule has 1 heterocycles. The van der Waals surface area contributed by atoms with Gasteiger partial charge in [0.2, 0.25) is 5.91 Å². The monoisotopic (exact) mass is 343 g/mol. The number of likely N-dealkylation sites (tertiary alicyclic amines) is 1. The van der Waals surface area contributed by atoms with Crippen molar-refractivity contribution in [3.05, 3.63) is 34.1 Å². The summed E-state index contributed by atoms with van der Waals surface area (Å²) < 4.78 is 14.7. The average molecular weight is 344 g/mol. The third-order valence-electron chi connectivity index (χ3n) is 3.52. The number of carbonyl (C=O) groups excluding carboxylic acids is 1. The van der Waals surface area contributed by atoms with E-state index in [4.69, 9.17) is 0 Å². The first-order valence-corrected chi connectivity index (χ1v) is 7.11. The molecule has 1 aliphatic heterocycles. The number of carbonyl (C=O) groups is 2. The summed E-state index contributed by atoms with van der Waals surface area (Å²) in [5.41, 5.74) is 0.250. The molecule has 1 aliphatic rings. The van der Waals surface area contributed by atoms with E-state index in [1.54, 1.807) is 19.9 Å². The van der Waals surface area contributed by atoms with E-state index >= 15 is 0 Å². The molecule has 1 saturated heterocycles. The van der Waals surface area contributed by atoms with E-state index in [9.17, 15) is 19.1 Å². The Morgan fingerprint density at radius 2 is 2.15 bits per heavy atom. The zero-order valence-electron chi connectivity index (χ0n) is 11.1. The molecule has 1 N–H and O–H groups in total. The van der Waals surface area contributed by atoms with Crippen molar-refractivity contribution in [3.8, 4) is 0 Å². The van der Waals surface area contributed by atoms with Crippen LogP contribution < -0.4 is 0 Å². The number of benzene rings is 1. The highest BCUT2D eigenvalue weighted by Gasteiger charge is 2.46. The molecule has 0 bridgehead atoms. The predicted octanol–water partition coefficient (Wildman–Crippen LogP) is 2.97. The molecule has 0 aliphatic carbocycles. The van der Waals surface area contributed by atoms with Crippen LogP contribution in [0.2, 0.25) is 0 Å². The maximum Gasteiger partial charge on any atom is 0.309 e. The molecule has 1 aromatic carbocycles. The van der Waals surface area contributed by atoms with Gasteiger partial charge < -0.3 is 10.0 Å². The van der Waals surface area contributed by atoms with Gasteiger partial charge >= 0.3 is 5.97 Å². The summed E-state index contributed by atoms with van der Waals surface area (Å²) in [6.45, 7) is 3.60. The SMILES string of the molecule is CC(C)N1C(=O)CC(C(=O)O)C1c1ccc(Br)cc1F. The van der Waals surface area contributed by atoms with Crippen LogP contribution in [0.4, 0.5) is 4.39 Å². The lowest BCUT2D eigenvalue weighted by Gasteiger charge is -2.31. The largest absolute Gasteiger partial charge is 0.481 e. The first-order chi connectivity index (χ1) is 9.32. The Hall–Kier alpha value is -1.43. The van der Waals surface area contributed by atoms with Crippen molar-refractivity contribution in [2.75, 3.05) is 0 Å². The molecule has 108 valence electrons.